The van der Waals surface area contributed by atoms with Gasteiger partial charge in [-0.05, 0) is 37.7 Å². The highest BCUT2D eigenvalue weighted by Gasteiger charge is 2.26. The van der Waals surface area contributed by atoms with Gasteiger partial charge >= 0.3 is 0 Å². The van der Waals surface area contributed by atoms with Crippen LogP contribution in [0.1, 0.15) is 39.0 Å². The van der Waals surface area contributed by atoms with E-state index in [0.29, 0.717) is 27.4 Å². The lowest BCUT2D eigenvalue weighted by Crippen LogP contribution is -2.30. The van der Waals surface area contributed by atoms with Gasteiger partial charge in [-0.3, -0.25) is 0 Å². The highest BCUT2D eigenvalue weighted by molar-refractivity contribution is 6.42. The first-order chi connectivity index (χ1) is 8.61. The van der Waals surface area contributed by atoms with E-state index in [9.17, 15) is 0 Å². The van der Waals surface area contributed by atoms with Crippen LogP contribution in [-0.4, -0.2) is 6.10 Å². The van der Waals surface area contributed by atoms with Crippen LogP contribution < -0.4 is 10.5 Å². The summed E-state index contributed by atoms with van der Waals surface area (Å²) in [6, 6.07) is 3.38. The van der Waals surface area contributed by atoms with E-state index >= 15 is 0 Å². The summed E-state index contributed by atoms with van der Waals surface area (Å²) in [5, 5.41) is 0.960. The molecule has 2 rings (SSSR count). The van der Waals surface area contributed by atoms with E-state index in [0.717, 1.165) is 12.8 Å². The molecule has 18 heavy (non-hydrogen) atoms. The number of halogens is 2. The molecule has 0 radical (unpaired) electrons. The Balaban J connectivity index is 2.15. The van der Waals surface area contributed by atoms with Gasteiger partial charge in [0, 0.05) is 6.07 Å². The summed E-state index contributed by atoms with van der Waals surface area (Å²) in [6.07, 6.45) is 6.26. The largest absolute Gasteiger partial charge is 0.488 e. The van der Waals surface area contributed by atoms with Crippen molar-refractivity contribution in [2.45, 2.75) is 45.1 Å². The first-order valence-electron chi connectivity index (χ1n) is 6.53. The molecule has 2 nitrogen and oxygen atoms in total. The van der Waals surface area contributed by atoms with Crippen molar-refractivity contribution in [1.82, 2.24) is 0 Å². The molecule has 100 valence electrons. The average molecular weight is 288 g/mol. The second-order valence-corrected chi connectivity index (χ2v) is 5.73. The normalized spacial score (nSPS) is 23.9. The quantitative estimate of drug-likeness (QED) is 0.801. The van der Waals surface area contributed by atoms with Crippen molar-refractivity contribution in [3.05, 3.63) is 22.2 Å². The number of nitrogen functional groups attached to an aromatic ring is 1. The number of hydrogen-bond donors (Lipinski definition) is 1. The maximum absolute atomic E-state index is 6.06. The number of benzene rings is 1. The molecule has 0 spiro atoms. The zero-order valence-corrected chi connectivity index (χ0v) is 12.1. The standard InChI is InChI=1S/C14H19Cl2NO/c1-2-9-5-3-4-6-13(9)18-14-8-11(16)10(15)7-12(14)17/h7-9,13H,2-6,17H2,1H3. The SMILES string of the molecule is CCC1CCCCC1Oc1cc(Cl)c(Cl)cc1N. The average Bonchev–Trinajstić information content (AvgIpc) is 2.36. The predicted octanol–water partition coefficient (Wildman–Crippen LogP) is 4.92. The van der Waals surface area contributed by atoms with Crippen LogP contribution in [0.25, 0.3) is 0 Å². The Morgan fingerprint density at radius 3 is 2.61 bits per heavy atom. The van der Waals surface area contributed by atoms with Crippen LogP contribution in [0.2, 0.25) is 10.0 Å². The van der Waals surface area contributed by atoms with Gasteiger partial charge in [-0.25, -0.2) is 0 Å². The summed E-state index contributed by atoms with van der Waals surface area (Å²) in [4.78, 5) is 0. The summed E-state index contributed by atoms with van der Waals surface area (Å²) in [6.45, 7) is 2.21. The number of nitrogens with two attached hydrogens (primary N) is 1. The molecule has 1 aromatic carbocycles. The summed E-state index contributed by atoms with van der Waals surface area (Å²) in [5.74, 6) is 1.28. The van der Waals surface area contributed by atoms with Crippen molar-refractivity contribution in [2.24, 2.45) is 5.92 Å². The van der Waals surface area contributed by atoms with Crippen molar-refractivity contribution < 1.29 is 4.74 Å². The fourth-order valence-electron chi connectivity index (χ4n) is 2.60. The molecule has 2 unspecified atom stereocenters. The van der Waals surface area contributed by atoms with E-state index in [2.05, 4.69) is 6.92 Å². The molecule has 2 N–H and O–H groups in total. The van der Waals surface area contributed by atoms with Crippen LogP contribution >= 0.6 is 23.2 Å². The van der Waals surface area contributed by atoms with Gasteiger partial charge in [0.15, 0.2) is 0 Å². The number of anilines is 1. The third-order valence-electron chi connectivity index (χ3n) is 3.69. The molecular weight excluding hydrogens is 269 g/mol. The van der Waals surface area contributed by atoms with Gasteiger partial charge in [0.25, 0.3) is 0 Å². The molecule has 1 saturated carbocycles. The summed E-state index contributed by atoms with van der Waals surface area (Å²) in [5.41, 5.74) is 6.49. The van der Waals surface area contributed by atoms with Crippen LogP contribution in [0, 0.1) is 5.92 Å². The molecule has 4 heteroatoms. The molecule has 1 aromatic rings. The Kier molecular flexibility index (Phi) is 4.63. The molecule has 1 fully saturated rings. The molecule has 1 aliphatic rings. The molecule has 0 bridgehead atoms. The van der Waals surface area contributed by atoms with Gasteiger partial charge in [-0.15, -0.1) is 0 Å². The van der Waals surface area contributed by atoms with Crippen LogP contribution in [0.5, 0.6) is 5.75 Å². The summed E-state index contributed by atoms with van der Waals surface area (Å²) >= 11 is 11.9. The first-order valence-corrected chi connectivity index (χ1v) is 7.28. The van der Waals surface area contributed by atoms with Gasteiger partial charge in [-0.2, -0.15) is 0 Å². The lowest BCUT2D eigenvalue weighted by Gasteiger charge is -2.31. The van der Waals surface area contributed by atoms with E-state index in [1.165, 1.54) is 19.3 Å². The highest BCUT2D eigenvalue weighted by Crippen LogP contribution is 2.36. The van der Waals surface area contributed by atoms with Crippen molar-refractivity contribution in [2.75, 3.05) is 5.73 Å². The summed E-state index contributed by atoms with van der Waals surface area (Å²) in [7, 11) is 0. The third kappa shape index (κ3) is 3.04. The third-order valence-corrected chi connectivity index (χ3v) is 4.42. The molecule has 0 amide bonds. The zero-order chi connectivity index (χ0) is 13.1. The Labute approximate surface area is 118 Å². The van der Waals surface area contributed by atoms with Gasteiger partial charge in [0.05, 0.1) is 15.7 Å². The van der Waals surface area contributed by atoms with E-state index < -0.39 is 0 Å². The van der Waals surface area contributed by atoms with Crippen LogP contribution in [0.3, 0.4) is 0 Å². The van der Waals surface area contributed by atoms with E-state index in [4.69, 9.17) is 33.7 Å². The molecule has 0 saturated heterocycles. The zero-order valence-electron chi connectivity index (χ0n) is 10.6. The smallest absolute Gasteiger partial charge is 0.144 e. The Hall–Kier alpha value is -0.600. The van der Waals surface area contributed by atoms with Crippen molar-refractivity contribution in [1.29, 1.82) is 0 Å². The Bertz CT molecular complexity index is 423. The Morgan fingerprint density at radius 1 is 1.22 bits per heavy atom. The maximum atomic E-state index is 6.06. The summed E-state index contributed by atoms with van der Waals surface area (Å²) < 4.78 is 6.06. The number of ether oxygens (including phenoxy) is 1. The van der Waals surface area contributed by atoms with Crippen molar-refractivity contribution in [3.8, 4) is 5.75 Å². The molecule has 0 aliphatic heterocycles. The molecule has 0 aromatic heterocycles. The maximum Gasteiger partial charge on any atom is 0.144 e. The minimum atomic E-state index is 0.253. The van der Waals surface area contributed by atoms with Gasteiger partial charge in [0.2, 0.25) is 0 Å². The predicted molar refractivity (Wildman–Crippen MR) is 77.5 cm³/mol. The lowest BCUT2D eigenvalue weighted by atomic mass is 9.85. The van der Waals surface area contributed by atoms with Gasteiger partial charge in [-0.1, -0.05) is 36.5 Å². The number of hydrogen-bond acceptors (Lipinski definition) is 2. The topological polar surface area (TPSA) is 35.2 Å². The second kappa shape index (κ2) is 6.03. The first kappa shape index (κ1) is 13.8. The van der Waals surface area contributed by atoms with Crippen LogP contribution in [0.15, 0.2) is 12.1 Å². The highest BCUT2D eigenvalue weighted by atomic mass is 35.5. The molecule has 0 heterocycles. The van der Waals surface area contributed by atoms with E-state index in [-0.39, 0.29) is 6.10 Å². The minimum absolute atomic E-state index is 0.253. The molecule has 2 atom stereocenters. The monoisotopic (exact) mass is 287 g/mol. The molecular formula is C14H19Cl2NO. The van der Waals surface area contributed by atoms with Gasteiger partial charge in [0.1, 0.15) is 11.9 Å². The Morgan fingerprint density at radius 2 is 1.89 bits per heavy atom. The van der Waals surface area contributed by atoms with Crippen molar-refractivity contribution >= 4 is 28.9 Å². The second-order valence-electron chi connectivity index (χ2n) is 4.91. The van der Waals surface area contributed by atoms with E-state index in [1.807, 2.05) is 0 Å². The van der Waals surface area contributed by atoms with Crippen LogP contribution in [-0.2, 0) is 0 Å². The lowest BCUT2D eigenvalue weighted by molar-refractivity contribution is 0.0911. The van der Waals surface area contributed by atoms with Crippen LogP contribution in [0.4, 0.5) is 5.69 Å². The van der Waals surface area contributed by atoms with E-state index in [1.54, 1.807) is 12.1 Å². The molecule has 1 aliphatic carbocycles. The number of rotatable bonds is 3. The fraction of sp³-hybridized carbons (Fsp3) is 0.571. The fourth-order valence-corrected chi connectivity index (χ4v) is 2.93. The van der Waals surface area contributed by atoms with Crippen molar-refractivity contribution in [3.63, 3.8) is 0 Å². The van der Waals surface area contributed by atoms with Gasteiger partial charge < -0.3 is 10.5 Å². The minimum Gasteiger partial charge on any atom is -0.488 e.